The van der Waals surface area contributed by atoms with Gasteiger partial charge in [-0.15, -0.1) is 11.3 Å². The van der Waals surface area contributed by atoms with Crippen molar-refractivity contribution in [2.24, 2.45) is 0 Å². The number of aromatic nitrogens is 5. The van der Waals surface area contributed by atoms with E-state index in [9.17, 15) is 19.6 Å². The van der Waals surface area contributed by atoms with E-state index in [2.05, 4.69) is 36.4 Å². The highest BCUT2D eigenvalue weighted by Crippen LogP contribution is 2.48. The van der Waals surface area contributed by atoms with E-state index in [0.29, 0.717) is 42.4 Å². The van der Waals surface area contributed by atoms with Crippen LogP contribution in [0.15, 0.2) is 4.52 Å². The SMILES string of the molecule is CNC(=O)CC1(O)COCCN(c2nc(OC[C@@]34CCCN3C[C@H](F)C4)nc(-c3noc([C@@]4(C)CCCc5sc(N)c(C#N)c54)n3)n2)C1. The molecule has 1 amide bonds. The second-order valence-corrected chi connectivity index (χ2v) is 14.7. The molecule has 3 aromatic rings. The summed E-state index contributed by atoms with van der Waals surface area (Å²) in [5.41, 5.74) is 4.77. The lowest BCUT2D eigenvalue weighted by Crippen LogP contribution is -2.48. The number of hydrogen-bond acceptors (Lipinski definition) is 15. The van der Waals surface area contributed by atoms with Crippen molar-refractivity contribution in [2.75, 3.05) is 63.7 Å². The van der Waals surface area contributed by atoms with E-state index in [0.717, 1.165) is 42.7 Å². The Morgan fingerprint density at radius 1 is 1.25 bits per heavy atom. The minimum Gasteiger partial charge on any atom is -0.461 e. The van der Waals surface area contributed by atoms with Gasteiger partial charge in [0.25, 0.3) is 0 Å². The fourth-order valence-corrected chi connectivity index (χ4v) is 8.92. The van der Waals surface area contributed by atoms with Crippen molar-refractivity contribution in [3.05, 3.63) is 21.9 Å². The van der Waals surface area contributed by atoms with Gasteiger partial charge in [0.1, 0.15) is 29.4 Å². The molecule has 0 spiro atoms. The van der Waals surface area contributed by atoms with Crippen LogP contribution in [0.1, 0.15) is 67.3 Å². The number of nitrogens with two attached hydrogens (primary N) is 1. The van der Waals surface area contributed by atoms with Crippen LogP contribution in [0.3, 0.4) is 0 Å². The van der Waals surface area contributed by atoms with Crippen LogP contribution < -0.4 is 20.7 Å². The third kappa shape index (κ3) is 5.84. The molecule has 4 aliphatic rings. The molecule has 48 heavy (non-hydrogen) atoms. The highest BCUT2D eigenvalue weighted by molar-refractivity contribution is 7.16. The molecule has 3 aliphatic heterocycles. The minimum absolute atomic E-state index is 0.000579. The van der Waals surface area contributed by atoms with Crippen LogP contribution in [0.25, 0.3) is 11.6 Å². The number of nitrogens with one attached hydrogen (secondary N) is 1. The van der Waals surface area contributed by atoms with Crippen molar-refractivity contribution in [1.82, 2.24) is 35.3 Å². The molecule has 4 atom stereocenters. The lowest BCUT2D eigenvalue weighted by Gasteiger charge is -2.31. The number of nitrogen functional groups attached to an aromatic ring is 1. The van der Waals surface area contributed by atoms with E-state index in [4.69, 9.17) is 24.7 Å². The third-order valence-corrected chi connectivity index (χ3v) is 11.2. The fraction of sp³-hybridized carbons (Fsp3) is 0.645. The number of halogens is 1. The molecular weight excluding hydrogens is 643 g/mol. The molecule has 256 valence electrons. The number of aryl methyl sites for hydroxylation is 1. The van der Waals surface area contributed by atoms with Gasteiger partial charge in [0.2, 0.25) is 29.4 Å². The highest BCUT2D eigenvalue weighted by Gasteiger charge is 2.49. The van der Waals surface area contributed by atoms with E-state index in [1.165, 1.54) is 18.4 Å². The zero-order valence-electron chi connectivity index (χ0n) is 27.0. The third-order valence-electron chi connectivity index (χ3n) is 10.1. The van der Waals surface area contributed by atoms with Gasteiger partial charge < -0.3 is 35.1 Å². The number of hydrogen-bond donors (Lipinski definition) is 3. The van der Waals surface area contributed by atoms with Gasteiger partial charge in [-0.25, -0.2) is 4.39 Å². The van der Waals surface area contributed by atoms with Gasteiger partial charge in [-0.1, -0.05) is 5.16 Å². The molecule has 3 aromatic heterocycles. The van der Waals surface area contributed by atoms with E-state index >= 15 is 0 Å². The van der Waals surface area contributed by atoms with Gasteiger partial charge in [-0.3, -0.25) is 9.69 Å². The number of β-amino-alcohol motifs (C(OH)–C–C–N with tert-alkyl or cyclic N) is 1. The van der Waals surface area contributed by atoms with Gasteiger partial charge in [0.15, 0.2) is 0 Å². The first kappa shape index (κ1) is 32.6. The summed E-state index contributed by atoms with van der Waals surface area (Å²) in [6.45, 7) is 3.87. The molecule has 17 heteroatoms. The lowest BCUT2D eigenvalue weighted by atomic mass is 9.72. The summed E-state index contributed by atoms with van der Waals surface area (Å²) >= 11 is 1.42. The molecule has 0 saturated carbocycles. The molecule has 0 bridgehead atoms. The average molecular weight is 683 g/mol. The van der Waals surface area contributed by atoms with Crippen LogP contribution >= 0.6 is 11.3 Å². The van der Waals surface area contributed by atoms with Gasteiger partial charge in [-0.2, -0.15) is 25.2 Å². The average Bonchev–Trinajstić information content (AvgIpc) is 3.81. The van der Waals surface area contributed by atoms with Crippen molar-refractivity contribution in [3.8, 4) is 23.7 Å². The number of anilines is 2. The first-order valence-electron chi connectivity index (χ1n) is 16.2. The Hall–Kier alpha value is -3.98. The quantitative estimate of drug-likeness (QED) is 0.310. The molecule has 1 unspecified atom stereocenters. The monoisotopic (exact) mass is 682 g/mol. The van der Waals surface area contributed by atoms with E-state index in [1.54, 1.807) is 4.90 Å². The van der Waals surface area contributed by atoms with Gasteiger partial charge in [0.05, 0.1) is 42.7 Å². The molecule has 0 aromatic carbocycles. The summed E-state index contributed by atoms with van der Waals surface area (Å²) < 4.78 is 32.3. The van der Waals surface area contributed by atoms with Crippen molar-refractivity contribution in [3.63, 3.8) is 0 Å². The maximum absolute atomic E-state index is 14.5. The number of nitrogens with zero attached hydrogens (tertiary/aromatic N) is 8. The van der Waals surface area contributed by atoms with Crippen LogP contribution in [0.2, 0.25) is 0 Å². The number of alkyl halides is 1. The molecule has 4 N–H and O–H groups in total. The molecule has 7 rings (SSSR count). The highest BCUT2D eigenvalue weighted by atomic mass is 32.1. The lowest BCUT2D eigenvalue weighted by molar-refractivity contribution is -0.127. The number of carbonyl (C=O) groups excluding carboxylic acids is 1. The number of carbonyl (C=O) groups is 1. The van der Waals surface area contributed by atoms with Crippen molar-refractivity contribution in [1.29, 1.82) is 5.26 Å². The first-order chi connectivity index (χ1) is 23.0. The zero-order valence-corrected chi connectivity index (χ0v) is 27.8. The molecule has 1 aliphatic carbocycles. The molecule has 0 radical (unpaired) electrons. The van der Waals surface area contributed by atoms with Crippen LogP contribution in [-0.2, 0) is 21.4 Å². The molecule has 15 nitrogen and oxygen atoms in total. The predicted molar refractivity (Wildman–Crippen MR) is 171 cm³/mol. The molecule has 6 heterocycles. The Balaban J connectivity index is 1.24. The van der Waals surface area contributed by atoms with Crippen LogP contribution in [0.5, 0.6) is 6.01 Å². The maximum atomic E-state index is 14.5. The van der Waals surface area contributed by atoms with E-state index < -0.39 is 22.7 Å². The minimum atomic E-state index is -1.51. The second-order valence-electron chi connectivity index (χ2n) is 13.5. The Morgan fingerprint density at radius 3 is 2.92 bits per heavy atom. The number of fused-ring (bicyclic) bond motifs is 2. The van der Waals surface area contributed by atoms with Crippen molar-refractivity contribution < 1.29 is 28.3 Å². The van der Waals surface area contributed by atoms with Gasteiger partial charge >= 0.3 is 6.01 Å². The number of ether oxygens (including phenoxy) is 2. The number of thiophene rings is 1. The number of aliphatic hydroxyl groups is 1. The Bertz CT molecular complexity index is 1750. The largest absolute Gasteiger partial charge is 0.461 e. The van der Waals surface area contributed by atoms with E-state index in [1.807, 2.05) is 6.92 Å². The molecule has 3 fully saturated rings. The fourth-order valence-electron chi connectivity index (χ4n) is 7.73. The number of amides is 1. The molecule has 3 saturated heterocycles. The second kappa shape index (κ2) is 12.5. The Morgan fingerprint density at radius 2 is 2.10 bits per heavy atom. The zero-order chi connectivity index (χ0) is 33.7. The first-order valence-corrected chi connectivity index (χ1v) is 17.1. The van der Waals surface area contributed by atoms with Crippen molar-refractivity contribution in [2.45, 2.75) is 74.6 Å². The summed E-state index contributed by atoms with van der Waals surface area (Å²) in [4.78, 5) is 35.8. The van der Waals surface area contributed by atoms with E-state index in [-0.39, 0.29) is 62.3 Å². The van der Waals surface area contributed by atoms with Crippen LogP contribution in [-0.4, -0.2) is 111 Å². The summed E-state index contributed by atoms with van der Waals surface area (Å²) in [5.74, 6) is 0.301. The Kier molecular flexibility index (Phi) is 8.47. The summed E-state index contributed by atoms with van der Waals surface area (Å²) in [6.07, 6.45) is 3.37. The summed E-state index contributed by atoms with van der Waals surface area (Å²) in [7, 11) is 1.51. The maximum Gasteiger partial charge on any atom is 0.321 e. The smallest absolute Gasteiger partial charge is 0.321 e. The van der Waals surface area contributed by atoms with Crippen LogP contribution in [0, 0.1) is 11.3 Å². The number of nitriles is 1. The van der Waals surface area contributed by atoms with Crippen LogP contribution in [0.4, 0.5) is 15.3 Å². The topological polar surface area (TPSA) is 202 Å². The number of rotatable bonds is 8. The summed E-state index contributed by atoms with van der Waals surface area (Å²) in [5, 5.41) is 28.6. The van der Waals surface area contributed by atoms with Gasteiger partial charge in [0, 0.05) is 37.0 Å². The van der Waals surface area contributed by atoms with Gasteiger partial charge in [-0.05, 0) is 45.6 Å². The molecular formula is C31H39FN10O5S. The summed E-state index contributed by atoms with van der Waals surface area (Å²) in [6, 6.07) is 2.25. The van der Waals surface area contributed by atoms with Crippen molar-refractivity contribution >= 4 is 28.2 Å². The standard InChI is InChI=1S/C31H39FN10O5S/c1-29(6-3-5-20-22(29)19(13-33)23(34)48-20)26-36-25(40-47-26)24-37-27(41-9-10-45-17-31(44,15-41)12-21(43)35-2)39-28(38-24)46-16-30-7-4-8-42(30)14-18(32)11-30/h18,44H,3-12,14-17,34H2,1-2H3,(H,35,43)/t18-,29+,30+,31?/m1/s1. The normalized spacial score (nSPS) is 28.8. The Labute approximate surface area is 280 Å². The predicted octanol–water partition coefficient (Wildman–Crippen LogP) is 1.74.